The molecular formula is C14H19BrClN. The third kappa shape index (κ3) is 3.38. The van der Waals surface area contributed by atoms with Crippen molar-refractivity contribution in [2.45, 2.75) is 45.6 Å². The summed E-state index contributed by atoms with van der Waals surface area (Å²) in [5, 5.41) is 4.44. The molecule has 1 aromatic carbocycles. The molecule has 3 heteroatoms. The third-order valence-electron chi connectivity index (χ3n) is 3.62. The highest BCUT2D eigenvalue weighted by molar-refractivity contribution is 9.10. The Bertz CT molecular complexity index is 397. The van der Waals surface area contributed by atoms with Crippen LogP contribution in [-0.4, -0.2) is 6.04 Å². The van der Waals surface area contributed by atoms with Crippen LogP contribution in [0.2, 0.25) is 5.02 Å². The average Bonchev–Trinajstić information content (AvgIpc) is 2.29. The number of aryl methyl sites for hydroxylation is 1. The first-order valence-electron chi connectivity index (χ1n) is 6.28. The smallest absolute Gasteiger partial charge is 0.0501 e. The molecule has 2 rings (SSSR count). The van der Waals surface area contributed by atoms with E-state index in [9.17, 15) is 0 Å². The van der Waals surface area contributed by atoms with Gasteiger partial charge in [0.2, 0.25) is 0 Å². The number of benzene rings is 1. The highest BCUT2D eigenvalue weighted by atomic mass is 79.9. The fourth-order valence-electron chi connectivity index (χ4n) is 2.38. The van der Waals surface area contributed by atoms with Crippen LogP contribution >= 0.6 is 27.5 Å². The van der Waals surface area contributed by atoms with Gasteiger partial charge in [0.25, 0.3) is 0 Å². The van der Waals surface area contributed by atoms with Gasteiger partial charge in [0.05, 0.1) is 5.69 Å². The van der Waals surface area contributed by atoms with Crippen LogP contribution < -0.4 is 5.32 Å². The van der Waals surface area contributed by atoms with Gasteiger partial charge in [0.15, 0.2) is 0 Å². The SMILES string of the molecule is Cc1cc(Br)c(NC2CCC(C)CC2)cc1Cl. The van der Waals surface area contributed by atoms with Crippen LogP contribution in [0.3, 0.4) is 0 Å². The van der Waals surface area contributed by atoms with Gasteiger partial charge in [-0.1, -0.05) is 18.5 Å². The Kier molecular flexibility index (Phi) is 4.37. The van der Waals surface area contributed by atoms with E-state index in [4.69, 9.17) is 11.6 Å². The predicted octanol–water partition coefficient (Wildman–Crippen LogP) is 5.40. The monoisotopic (exact) mass is 315 g/mol. The number of nitrogens with one attached hydrogen (secondary N) is 1. The molecule has 1 nitrogen and oxygen atoms in total. The Hall–Kier alpha value is -0.210. The Morgan fingerprint density at radius 3 is 2.53 bits per heavy atom. The van der Waals surface area contributed by atoms with E-state index in [1.165, 1.54) is 25.7 Å². The summed E-state index contributed by atoms with van der Waals surface area (Å²) in [4.78, 5) is 0. The van der Waals surface area contributed by atoms with E-state index < -0.39 is 0 Å². The van der Waals surface area contributed by atoms with Crippen molar-refractivity contribution in [3.8, 4) is 0 Å². The lowest BCUT2D eigenvalue weighted by molar-refractivity contribution is 0.361. The Labute approximate surface area is 117 Å². The van der Waals surface area contributed by atoms with Crippen molar-refractivity contribution in [1.82, 2.24) is 0 Å². The molecular weight excluding hydrogens is 298 g/mol. The summed E-state index contributed by atoms with van der Waals surface area (Å²) >= 11 is 9.76. The van der Waals surface area contributed by atoms with E-state index in [-0.39, 0.29) is 0 Å². The second kappa shape index (κ2) is 5.62. The summed E-state index contributed by atoms with van der Waals surface area (Å²) in [5.41, 5.74) is 2.24. The quantitative estimate of drug-likeness (QED) is 0.770. The maximum absolute atomic E-state index is 6.17. The molecule has 1 aliphatic rings. The van der Waals surface area contributed by atoms with Crippen LogP contribution in [0, 0.1) is 12.8 Å². The second-order valence-electron chi connectivity index (χ2n) is 5.18. The highest BCUT2D eigenvalue weighted by Gasteiger charge is 2.18. The van der Waals surface area contributed by atoms with Gasteiger partial charge in [0.1, 0.15) is 0 Å². The molecule has 1 saturated carbocycles. The molecule has 1 aromatic rings. The van der Waals surface area contributed by atoms with Crippen LogP contribution in [-0.2, 0) is 0 Å². The number of anilines is 1. The van der Waals surface area contributed by atoms with E-state index in [1.54, 1.807) is 0 Å². The van der Waals surface area contributed by atoms with Crippen molar-refractivity contribution >= 4 is 33.2 Å². The molecule has 94 valence electrons. The molecule has 0 saturated heterocycles. The fourth-order valence-corrected chi connectivity index (χ4v) is 3.12. The van der Waals surface area contributed by atoms with Gasteiger partial charge in [0, 0.05) is 15.5 Å². The van der Waals surface area contributed by atoms with Crippen LogP contribution in [0.25, 0.3) is 0 Å². The lowest BCUT2D eigenvalue weighted by atomic mass is 9.87. The van der Waals surface area contributed by atoms with Gasteiger partial charge in [-0.3, -0.25) is 0 Å². The number of hydrogen-bond donors (Lipinski definition) is 1. The molecule has 0 aliphatic heterocycles. The molecule has 0 amide bonds. The largest absolute Gasteiger partial charge is 0.381 e. The average molecular weight is 317 g/mol. The fraction of sp³-hybridized carbons (Fsp3) is 0.571. The van der Waals surface area contributed by atoms with Gasteiger partial charge >= 0.3 is 0 Å². The lowest BCUT2D eigenvalue weighted by Gasteiger charge is -2.28. The molecule has 0 unspecified atom stereocenters. The summed E-state index contributed by atoms with van der Waals surface area (Å²) in [5.74, 6) is 0.887. The van der Waals surface area contributed by atoms with Crippen molar-refractivity contribution < 1.29 is 0 Å². The summed E-state index contributed by atoms with van der Waals surface area (Å²) in [6.45, 7) is 4.37. The van der Waals surface area contributed by atoms with Crippen LogP contribution in [0.5, 0.6) is 0 Å². The standard InChI is InChI=1S/C14H19BrClN/c1-9-3-5-11(6-4-9)17-14-8-13(16)10(2)7-12(14)15/h7-9,11,17H,3-6H2,1-2H3. The maximum Gasteiger partial charge on any atom is 0.0501 e. The molecule has 17 heavy (non-hydrogen) atoms. The minimum absolute atomic E-state index is 0.598. The minimum Gasteiger partial charge on any atom is -0.381 e. The van der Waals surface area contributed by atoms with Crippen molar-refractivity contribution in [3.05, 3.63) is 27.2 Å². The first kappa shape index (κ1) is 13.2. The molecule has 0 aromatic heterocycles. The zero-order valence-electron chi connectivity index (χ0n) is 10.4. The Morgan fingerprint density at radius 2 is 1.88 bits per heavy atom. The predicted molar refractivity (Wildman–Crippen MR) is 78.9 cm³/mol. The first-order valence-corrected chi connectivity index (χ1v) is 7.45. The lowest BCUT2D eigenvalue weighted by Crippen LogP contribution is -2.25. The Balaban J connectivity index is 2.06. The van der Waals surface area contributed by atoms with E-state index in [2.05, 4.69) is 34.2 Å². The van der Waals surface area contributed by atoms with E-state index in [0.717, 1.165) is 26.7 Å². The summed E-state index contributed by atoms with van der Waals surface area (Å²) in [6.07, 6.45) is 5.18. The molecule has 1 N–H and O–H groups in total. The first-order chi connectivity index (χ1) is 8.06. The number of halogens is 2. The highest BCUT2D eigenvalue weighted by Crippen LogP contribution is 2.32. The summed E-state index contributed by atoms with van der Waals surface area (Å²) in [7, 11) is 0. The molecule has 0 bridgehead atoms. The number of rotatable bonds is 2. The normalized spacial score (nSPS) is 24.7. The number of hydrogen-bond acceptors (Lipinski definition) is 1. The molecule has 0 atom stereocenters. The zero-order chi connectivity index (χ0) is 12.4. The zero-order valence-corrected chi connectivity index (χ0v) is 12.7. The van der Waals surface area contributed by atoms with Crippen molar-refractivity contribution in [1.29, 1.82) is 0 Å². The summed E-state index contributed by atoms with van der Waals surface area (Å²) < 4.78 is 1.11. The second-order valence-corrected chi connectivity index (χ2v) is 6.44. The maximum atomic E-state index is 6.17. The minimum atomic E-state index is 0.598. The van der Waals surface area contributed by atoms with Gasteiger partial charge in [-0.05, 0) is 72.2 Å². The van der Waals surface area contributed by atoms with E-state index in [1.807, 2.05) is 13.0 Å². The van der Waals surface area contributed by atoms with Gasteiger partial charge in [-0.25, -0.2) is 0 Å². The molecule has 1 aliphatic carbocycles. The topological polar surface area (TPSA) is 12.0 Å². The summed E-state index contributed by atoms with van der Waals surface area (Å²) in [6, 6.07) is 4.70. The third-order valence-corrected chi connectivity index (χ3v) is 4.69. The van der Waals surface area contributed by atoms with E-state index >= 15 is 0 Å². The van der Waals surface area contributed by atoms with Crippen molar-refractivity contribution in [2.24, 2.45) is 5.92 Å². The Morgan fingerprint density at radius 1 is 1.24 bits per heavy atom. The van der Waals surface area contributed by atoms with Crippen LogP contribution in [0.1, 0.15) is 38.2 Å². The van der Waals surface area contributed by atoms with E-state index in [0.29, 0.717) is 6.04 Å². The molecule has 0 radical (unpaired) electrons. The van der Waals surface area contributed by atoms with Crippen LogP contribution in [0.15, 0.2) is 16.6 Å². The molecule has 0 heterocycles. The van der Waals surface area contributed by atoms with Crippen molar-refractivity contribution in [2.75, 3.05) is 5.32 Å². The van der Waals surface area contributed by atoms with Crippen LogP contribution in [0.4, 0.5) is 5.69 Å². The molecule has 0 spiro atoms. The van der Waals surface area contributed by atoms with Gasteiger partial charge in [-0.15, -0.1) is 0 Å². The van der Waals surface area contributed by atoms with Gasteiger partial charge < -0.3 is 5.32 Å². The van der Waals surface area contributed by atoms with Crippen molar-refractivity contribution in [3.63, 3.8) is 0 Å². The van der Waals surface area contributed by atoms with Gasteiger partial charge in [-0.2, -0.15) is 0 Å². The molecule has 1 fully saturated rings.